The number of hydrogen-bond donors (Lipinski definition) is 2. The lowest BCUT2D eigenvalue weighted by Crippen LogP contribution is -2.28. The van der Waals surface area contributed by atoms with Crippen LogP contribution in [0.4, 0.5) is 0 Å². The van der Waals surface area contributed by atoms with Gasteiger partial charge in [-0.15, -0.1) is 0 Å². The molecule has 2 N–H and O–H groups in total. The SMILES string of the molecule is Oc1ccc(CCN(CCc2ccccc2)Cc2ccccc2)cc1O. The maximum Gasteiger partial charge on any atom is 0.157 e. The molecule has 0 radical (unpaired) electrons. The van der Waals surface area contributed by atoms with Crippen LogP contribution in [0.25, 0.3) is 0 Å². The van der Waals surface area contributed by atoms with Crippen molar-refractivity contribution in [1.82, 2.24) is 4.90 Å². The highest BCUT2D eigenvalue weighted by atomic mass is 16.3. The molecule has 0 heterocycles. The van der Waals surface area contributed by atoms with E-state index in [9.17, 15) is 10.2 Å². The molecule has 0 aliphatic heterocycles. The minimum Gasteiger partial charge on any atom is -0.504 e. The minimum absolute atomic E-state index is 0.0543. The molecule has 3 aromatic rings. The van der Waals surface area contributed by atoms with Gasteiger partial charge in [-0.05, 0) is 41.7 Å². The Morgan fingerprint density at radius 2 is 1.15 bits per heavy atom. The molecule has 0 saturated carbocycles. The van der Waals surface area contributed by atoms with Gasteiger partial charge < -0.3 is 10.2 Å². The topological polar surface area (TPSA) is 43.7 Å². The highest BCUT2D eigenvalue weighted by Gasteiger charge is 2.08. The van der Waals surface area contributed by atoms with Gasteiger partial charge in [0.05, 0.1) is 0 Å². The van der Waals surface area contributed by atoms with E-state index in [1.165, 1.54) is 11.1 Å². The lowest BCUT2D eigenvalue weighted by molar-refractivity contribution is 0.272. The van der Waals surface area contributed by atoms with Crippen molar-refractivity contribution in [3.05, 3.63) is 95.6 Å². The molecule has 3 aromatic carbocycles. The van der Waals surface area contributed by atoms with Gasteiger partial charge >= 0.3 is 0 Å². The second-order valence-corrected chi connectivity index (χ2v) is 6.57. The summed E-state index contributed by atoms with van der Waals surface area (Å²) in [6.07, 6.45) is 1.84. The summed E-state index contributed by atoms with van der Waals surface area (Å²) in [4.78, 5) is 2.44. The first-order valence-electron chi connectivity index (χ1n) is 9.02. The average Bonchev–Trinajstić information content (AvgIpc) is 2.68. The van der Waals surface area contributed by atoms with Gasteiger partial charge in [0, 0.05) is 19.6 Å². The molecule has 0 saturated heterocycles. The second kappa shape index (κ2) is 9.07. The fraction of sp³-hybridized carbons (Fsp3) is 0.217. The van der Waals surface area contributed by atoms with Gasteiger partial charge in [0.2, 0.25) is 0 Å². The van der Waals surface area contributed by atoms with Crippen molar-refractivity contribution in [1.29, 1.82) is 0 Å². The molecule has 134 valence electrons. The molecule has 0 bridgehead atoms. The van der Waals surface area contributed by atoms with Crippen molar-refractivity contribution in [3.63, 3.8) is 0 Å². The third-order valence-corrected chi connectivity index (χ3v) is 4.57. The van der Waals surface area contributed by atoms with E-state index < -0.39 is 0 Å². The molecule has 0 unspecified atom stereocenters. The lowest BCUT2D eigenvalue weighted by Gasteiger charge is -2.23. The highest BCUT2D eigenvalue weighted by molar-refractivity contribution is 5.40. The van der Waals surface area contributed by atoms with Gasteiger partial charge in [0.15, 0.2) is 11.5 Å². The van der Waals surface area contributed by atoms with Crippen LogP contribution in [0.15, 0.2) is 78.9 Å². The van der Waals surface area contributed by atoms with E-state index in [-0.39, 0.29) is 11.5 Å². The smallest absolute Gasteiger partial charge is 0.157 e. The van der Waals surface area contributed by atoms with E-state index in [4.69, 9.17) is 0 Å². The maximum atomic E-state index is 9.69. The highest BCUT2D eigenvalue weighted by Crippen LogP contribution is 2.25. The summed E-state index contributed by atoms with van der Waals surface area (Å²) >= 11 is 0. The Labute approximate surface area is 155 Å². The quantitative estimate of drug-likeness (QED) is 0.594. The van der Waals surface area contributed by atoms with Crippen LogP contribution in [0.2, 0.25) is 0 Å². The number of phenolic OH excluding ortho intramolecular Hbond substituents is 2. The molecule has 0 atom stereocenters. The standard InChI is InChI=1S/C23H25NO2/c25-22-12-11-20(17-23(22)26)14-16-24(18-21-9-5-2-6-10-21)15-13-19-7-3-1-4-8-19/h1-12,17,25-26H,13-16,18H2. The van der Waals surface area contributed by atoms with Gasteiger partial charge in [0.1, 0.15) is 0 Å². The van der Waals surface area contributed by atoms with E-state index in [2.05, 4.69) is 53.4 Å². The molecule has 0 fully saturated rings. The summed E-state index contributed by atoms with van der Waals surface area (Å²) in [5, 5.41) is 19.2. The number of hydrogen-bond acceptors (Lipinski definition) is 3. The monoisotopic (exact) mass is 347 g/mol. The second-order valence-electron chi connectivity index (χ2n) is 6.57. The Morgan fingerprint density at radius 3 is 1.77 bits per heavy atom. The van der Waals surface area contributed by atoms with Gasteiger partial charge in [0.25, 0.3) is 0 Å². The summed E-state index contributed by atoms with van der Waals surface area (Å²) < 4.78 is 0. The number of phenols is 2. The first kappa shape index (κ1) is 18.0. The fourth-order valence-corrected chi connectivity index (χ4v) is 3.06. The first-order chi connectivity index (χ1) is 12.7. The molecule has 0 spiro atoms. The minimum atomic E-state index is -0.0704. The Morgan fingerprint density at radius 1 is 0.577 bits per heavy atom. The van der Waals surface area contributed by atoms with Crippen molar-refractivity contribution in [2.45, 2.75) is 19.4 Å². The van der Waals surface area contributed by atoms with Crippen LogP contribution in [0.1, 0.15) is 16.7 Å². The molecule has 3 rings (SSSR count). The third-order valence-electron chi connectivity index (χ3n) is 4.57. The van der Waals surface area contributed by atoms with Crippen LogP contribution in [-0.4, -0.2) is 28.2 Å². The van der Waals surface area contributed by atoms with Crippen molar-refractivity contribution in [3.8, 4) is 11.5 Å². The Kier molecular flexibility index (Phi) is 6.29. The first-order valence-corrected chi connectivity index (χ1v) is 9.02. The van der Waals surface area contributed by atoms with Gasteiger partial charge in [-0.3, -0.25) is 4.90 Å². The predicted octanol–water partition coefficient (Wildman–Crippen LogP) is 4.39. The van der Waals surface area contributed by atoms with Crippen LogP contribution in [0.5, 0.6) is 11.5 Å². The summed E-state index contributed by atoms with van der Waals surface area (Å²) in [7, 11) is 0. The van der Waals surface area contributed by atoms with E-state index in [0.717, 1.165) is 38.0 Å². The molecule has 3 nitrogen and oxygen atoms in total. The number of aromatic hydroxyl groups is 2. The van der Waals surface area contributed by atoms with Crippen molar-refractivity contribution < 1.29 is 10.2 Å². The summed E-state index contributed by atoms with van der Waals surface area (Å²) in [5.41, 5.74) is 3.67. The molecule has 0 aromatic heterocycles. The maximum absolute atomic E-state index is 9.69. The predicted molar refractivity (Wildman–Crippen MR) is 105 cm³/mol. The van der Waals surface area contributed by atoms with Gasteiger partial charge in [-0.2, -0.15) is 0 Å². The summed E-state index contributed by atoms with van der Waals surface area (Å²) in [5.74, 6) is -0.125. The molecular formula is C23H25NO2. The fourth-order valence-electron chi connectivity index (χ4n) is 3.06. The molecule has 0 aliphatic carbocycles. The Bertz CT molecular complexity index is 803. The Hall–Kier alpha value is -2.78. The van der Waals surface area contributed by atoms with Crippen LogP contribution >= 0.6 is 0 Å². The summed E-state index contributed by atoms with van der Waals surface area (Å²) in [6, 6.07) is 26.1. The average molecular weight is 347 g/mol. The zero-order valence-corrected chi connectivity index (χ0v) is 14.9. The molecule has 0 aliphatic rings. The zero-order valence-electron chi connectivity index (χ0n) is 14.9. The van der Waals surface area contributed by atoms with Crippen LogP contribution < -0.4 is 0 Å². The van der Waals surface area contributed by atoms with E-state index in [0.29, 0.717) is 0 Å². The normalized spacial score (nSPS) is 11.0. The third kappa shape index (κ3) is 5.36. The van der Waals surface area contributed by atoms with E-state index in [1.807, 2.05) is 18.2 Å². The number of benzene rings is 3. The summed E-state index contributed by atoms with van der Waals surface area (Å²) in [6.45, 7) is 2.77. The molecular weight excluding hydrogens is 322 g/mol. The van der Waals surface area contributed by atoms with Crippen molar-refractivity contribution in [2.75, 3.05) is 13.1 Å². The van der Waals surface area contributed by atoms with E-state index >= 15 is 0 Å². The van der Waals surface area contributed by atoms with Crippen molar-refractivity contribution >= 4 is 0 Å². The van der Waals surface area contributed by atoms with Crippen LogP contribution in [-0.2, 0) is 19.4 Å². The molecule has 26 heavy (non-hydrogen) atoms. The molecule has 3 heteroatoms. The Balaban J connectivity index is 1.64. The van der Waals surface area contributed by atoms with Crippen molar-refractivity contribution in [2.24, 2.45) is 0 Å². The van der Waals surface area contributed by atoms with Gasteiger partial charge in [-0.25, -0.2) is 0 Å². The largest absolute Gasteiger partial charge is 0.504 e. The number of rotatable bonds is 8. The van der Waals surface area contributed by atoms with Crippen LogP contribution in [0, 0.1) is 0 Å². The molecule has 0 amide bonds. The zero-order chi connectivity index (χ0) is 18.2. The van der Waals surface area contributed by atoms with E-state index in [1.54, 1.807) is 12.1 Å². The van der Waals surface area contributed by atoms with Crippen LogP contribution in [0.3, 0.4) is 0 Å². The lowest BCUT2D eigenvalue weighted by atomic mass is 10.1. The van der Waals surface area contributed by atoms with Gasteiger partial charge in [-0.1, -0.05) is 66.7 Å². The number of nitrogens with zero attached hydrogens (tertiary/aromatic N) is 1.